The van der Waals surface area contributed by atoms with Gasteiger partial charge in [-0.1, -0.05) is 59.6 Å². The second-order valence-electron chi connectivity index (χ2n) is 6.63. The van der Waals surface area contributed by atoms with Crippen molar-refractivity contribution in [3.63, 3.8) is 0 Å². The van der Waals surface area contributed by atoms with E-state index < -0.39 is 0 Å². The summed E-state index contributed by atoms with van der Waals surface area (Å²) >= 11 is 12.4. The Bertz CT molecular complexity index is 991. The highest BCUT2D eigenvalue weighted by molar-refractivity contribution is 6.30. The molecule has 2 unspecified atom stereocenters. The fourth-order valence-electron chi connectivity index (χ4n) is 3.37. The number of hydrogen-bond acceptors (Lipinski definition) is 3. The standard InChI is InChI=1S/C22H18Cl2FN3/c23-18-5-1-3-16(11-18)21-22(17-4-2-6-19(24)12-17)28(14-26-21)27-13-15-7-9-20(25)10-8-15/h1-12,14,21-22,27H,13H2. The van der Waals surface area contributed by atoms with Crippen molar-refractivity contribution in [1.29, 1.82) is 0 Å². The number of nitrogens with zero attached hydrogens (tertiary/aromatic N) is 2. The lowest BCUT2D eigenvalue weighted by molar-refractivity contribution is 0.232. The molecule has 0 radical (unpaired) electrons. The SMILES string of the molecule is Fc1ccc(CNN2C=NC(c3cccc(Cl)c3)C2c2cccc(Cl)c2)cc1. The number of aliphatic imine (C=N–C) groups is 1. The molecule has 0 aliphatic carbocycles. The predicted octanol–water partition coefficient (Wildman–Crippen LogP) is 5.96. The summed E-state index contributed by atoms with van der Waals surface area (Å²) in [6, 6.07) is 21.7. The first kappa shape index (κ1) is 18.9. The fourth-order valence-corrected chi connectivity index (χ4v) is 3.76. The highest BCUT2D eigenvalue weighted by Gasteiger charge is 2.33. The van der Waals surface area contributed by atoms with E-state index in [4.69, 9.17) is 28.2 Å². The zero-order valence-corrected chi connectivity index (χ0v) is 16.4. The van der Waals surface area contributed by atoms with E-state index in [1.165, 1.54) is 12.1 Å². The van der Waals surface area contributed by atoms with E-state index in [0.717, 1.165) is 16.7 Å². The van der Waals surface area contributed by atoms with Crippen molar-refractivity contribution in [2.75, 3.05) is 0 Å². The van der Waals surface area contributed by atoms with Gasteiger partial charge in [-0.25, -0.2) is 9.82 Å². The first-order valence-corrected chi connectivity index (χ1v) is 9.66. The molecule has 1 aliphatic heterocycles. The lowest BCUT2D eigenvalue weighted by Crippen LogP contribution is -2.38. The molecule has 142 valence electrons. The Morgan fingerprint density at radius 2 is 1.54 bits per heavy atom. The van der Waals surface area contributed by atoms with Crippen LogP contribution in [-0.4, -0.2) is 11.3 Å². The van der Waals surface area contributed by atoms with E-state index in [1.807, 2.05) is 53.5 Å². The Labute approximate surface area is 173 Å². The van der Waals surface area contributed by atoms with Gasteiger partial charge in [-0.05, 0) is 53.1 Å². The van der Waals surface area contributed by atoms with Gasteiger partial charge < -0.3 is 0 Å². The van der Waals surface area contributed by atoms with Crippen LogP contribution in [0.5, 0.6) is 0 Å². The summed E-state index contributed by atoms with van der Waals surface area (Å²) in [4.78, 5) is 4.72. The molecule has 0 fully saturated rings. The van der Waals surface area contributed by atoms with E-state index in [1.54, 1.807) is 18.5 Å². The van der Waals surface area contributed by atoms with Crippen LogP contribution < -0.4 is 5.43 Å². The largest absolute Gasteiger partial charge is 0.288 e. The van der Waals surface area contributed by atoms with Gasteiger partial charge in [0.05, 0.1) is 6.04 Å². The molecular formula is C22H18Cl2FN3. The summed E-state index contributed by atoms with van der Waals surface area (Å²) in [5, 5.41) is 3.32. The third-order valence-corrected chi connectivity index (χ3v) is 5.18. The molecule has 4 rings (SSSR count). The van der Waals surface area contributed by atoms with Gasteiger partial charge in [0, 0.05) is 16.6 Å². The Morgan fingerprint density at radius 1 is 0.893 bits per heavy atom. The molecule has 28 heavy (non-hydrogen) atoms. The zero-order chi connectivity index (χ0) is 19.5. The van der Waals surface area contributed by atoms with E-state index in [0.29, 0.717) is 16.6 Å². The molecule has 3 aromatic carbocycles. The van der Waals surface area contributed by atoms with Crippen molar-refractivity contribution in [3.05, 3.63) is 105 Å². The van der Waals surface area contributed by atoms with Crippen LogP contribution in [0.2, 0.25) is 10.0 Å². The number of rotatable bonds is 5. The molecule has 3 nitrogen and oxygen atoms in total. The van der Waals surface area contributed by atoms with Gasteiger partial charge in [-0.3, -0.25) is 10.0 Å². The van der Waals surface area contributed by atoms with E-state index >= 15 is 0 Å². The van der Waals surface area contributed by atoms with Gasteiger partial charge in [0.1, 0.15) is 18.2 Å². The Kier molecular flexibility index (Phi) is 5.62. The molecule has 1 heterocycles. The summed E-state index contributed by atoms with van der Waals surface area (Å²) in [6.07, 6.45) is 1.79. The monoisotopic (exact) mass is 413 g/mol. The molecule has 0 aromatic heterocycles. The molecule has 0 saturated heterocycles. The third-order valence-electron chi connectivity index (χ3n) is 4.71. The quantitative estimate of drug-likeness (QED) is 0.558. The third kappa shape index (κ3) is 4.20. The fraction of sp³-hybridized carbons (Fsp3) is 0.136. The van der Waals surface area contributed by atoms with Crippen LogP contribution in [-0.2, 0) is 6.54 Å². The lowest BCUT2D eigenvalue weighted by Gasteiger charge is -2.29. The average molecular weight is 414 g/mol. The van der Waals surface area contributed by atoms with Gasteiger partial charge in [-0.2, -0.15) is 0 Å². The topological polar surface area (TPSA) is 27.6 Å². The summed E-state index contributed by atoms with van der Waals surface area (Å²) < 4.78 is 13.1. The Balaban J connectivity index is 1.61. The second kappa shape index (κ2) is 8.31. The van der Waals surface area contributed by atoms with Crippen LogP contribution in [0.25, 0.3) is 0 Å². The smallest absolute Gasteiger partial charge is 0.123 e. The normalized spacial score (nSPS) is 18.6. The van der Waals surface area contributed by atoms with Gasteiger partial charge in [0.2, 0.25) is 0 Å². The predicted molar refractivity (Wildman–Crippen MR) is 112 cm³/mol. The molecule has 6 heteroatoms. The van der Waals surface area contributed by atoms with Crippen LogP contribution in [0.15, 0.2) is 77.8 Å². The van der Waals surface area contributed by atoms with Gasteiger partial charge in [-0.15, -0.1) is 0 Å². The van der Waals surface area contributed by atoms with Crippen molar-refractivity contribution in [2.45, 2.75) is 18.6 Å². The highest BCUT2D eigenvalue weighted by Crippen LogP contribution is 2.40. The summed E-state index contributed by atoms with van der Waals surface area (Å²) in [5.41, 5.74) is 6.43. The minimum Gasteiger partial charge on any atom is -0.288 e. The Hall–Kier alpha value is -2.40. The first-order valence-electron chi connectivity index (χ1n) is 8.91. The van der Waals surface area contributed by atoms with Crippen LogP contribution in [0.1, 0.15) is 28.8 Å². The van der Waals surface area contributed by atoms with Gasteiger partial charge in [0.25, 0.3) is 0 Å². The average Bonchev–Trinajstić information content (AvgIpc) is 3.11. The number of halogens is 3. The van der Waals surface area contributed by atoms with E-state index in [-0.39, 0.29) is 17.9 Å². The van der Waals surface area contributed by atoms with Gasteiger partial charge in [0.15, 0.2) is 0 Å². The molecule has 0 amide bonds. The molecule has 0 bridgehead atoms. The van der Waals surface area contributed by atoms with Gasteiger partial charge >= 0.3 is 0 Å². The molecule has 0 spiro atoms. The summed E-state index contributed by atoms with van der Waals surface area (Å²) in [7, 11) is 0. The zero-order valence-electron chi connectivity index (χ0n) is 14.9. The molecule has 3 aromatic rings. The van der Waals surface area contributed by atoms with Crippen molar-refractivity contribution in [2.24, 2.45) is 4.99 Å². The molecular weight excluding hydrogens is 396 g/mol. The highest BCUT2D eigenvalue weighted by atomic mass is 35.5. The maximum atomic E-state index is 13.1. The minimum atomic E-state index is -0.246. The Morgan fingerprint density at radius 3 is 2.21 bits per heavy atom. The maximum Gasteiger partial charge on any atom is 0.123 e. The second-order valence-corrected chi connectivity index (χ2v) is 7.51. The number of nitrogens with one attached hydrogen (secondary N) is 1. The number of benzene rings is 3. The van der Waals surface area contributed by atoms with Crippen LogP contribution in [0, 0.1) is 5.82 Å². The van der Waals surface area contributed by atoms with Crippen molar-refractivity contribution in [3.8, 4) is 0 Å². The minimum absolute atomic E-state index is 0.0855. The summed E-state index contributed by atoms with van der Waals surface area (Å²) in [5.74, 6) is -0.246. The summed E-state index contributed by atoms with van der Waals surface area (Å²) in [6.45, 7) is 0.547. The number of hydrogen-bond donors (Lipinski definition) is 1. The number of hydrazine groups is 1. The first-order chi connectivity index (χ1) is 13.6. The van der Waals surface area contributed by atoms with Crippen LogP contribution in [0.3, 0.4) is 0 Å². The van der Waals surface area contributed by atoms with Crippen molar-refractivity contribution >= 4 is 29.5 Å². The molecule has 1 aliphatic rings. The molecule has 0 saturated carbocycles. The molecule has 2 atom stereocenters. The van der Waals surface area contributed by atoms with Crippen LogP contribution >= 0.6 is 23.2 Å². The lowest BCUT2D eigenvalue weighted by atomic mass is 9.94. The van der Waals surface area contributed by atoms with E-state index in [2.05, 4.69) is 5.43 Å². The van der Waals surface area contributed by atoms with E-state index in [9.17, 15) is 4.39 Å². The molecule has 1 N–H and O–H groups in total. The van der Waals surface area contributed by atoms with Crippen molar-refractivity contribution < 1.29 is 4.39 Å². The van der Waals surface area contributed by atoms with Crippen LogP contribution in [0.4, 0.5) is 4.39 Å². The van der Waals surface area contributed by atoms with Crippen molar-refractivity contribution in [1.82, 2.24) is 10.4 Å². The maximum absolute atomic E-state index is 13.1.